The molecule has 1 heterocycles. The van der Waals surface area contributed by atoms with Gasteiger partial charge in [0.05, 0.1) is 18.1 Å². The third kappa shape index (κ3) is 3.90. The smallest absolute Gasteiger partial charge is 0.347 e. The number of imidazole rings is 1. The Kier molecular flexibility index (Phi) is 4.75. The molecule has 0 atom stereocenters. The van der Waals surface area contributed by atoms with E-state index in [1.54, 1.807) is 0 Å². The van der Waals surface area contributed by atoms with Gasteiger partial charge in [-0.15, -0.1) is 0 Å². The van der Waals surface area contributed by atoms with Crippen LogP contribution in [0.1, 0.15) is 21.6 Å². The van der Waals surface area contributed by atoms with Crippen LogP contribution in [-0.4, -0.2) is 15.5 Å². The molecule has 134 valence electrons. The van der Waals surface area contributed by atoms with E-state index in [0.29, 0.717) is 11.3 Å². The molecule has 0 fully saturated rings. The Labute approximate surface area is 146 Å². The first-order valence-corrected chi connectivity index (χ1v) is 7.57. The third-order valence-corrected chi connectivity index (χ3v) is 3.68. The molecule has 3 rings (SSSR count). The number of benzene rings is 2. The molecular weight excluding hydrogens is 350 g/mol. The van der Waals surface area contributed by atoms with Gasteiger partial charge in [0.2, 0.25) is 0 Å². The Hall–Kier alpha value is -3.16. The lowest BCUT2D eigenvalue weighted by atomic mass is 10.1. The quantitative estimate of drug-likeness (QED) is 0.714. The Morgan fingerprint density at radius 1 is 1.12 bits per heavy atom. The van der Waals surface area contributed by atoms with Gasteiger partial charge < -0.3 is 5.32 Å². The Bertz CT molecular complexity index is 917. The molecule has 3 aromatic rings. The van der Waals surface area contributed by atoms with Crippen molar-refractivity contribution in [1.29, 1.82) is 0 Å². The summed E-state index contributed by atoms with van der Waals surface area (Å²) in [5, 5.41) is 2.56. The standard InChI is InChI=1S/C18H13F4N3O/c19-14-4-6-15(7-5-14)25-11-23-10-16(25)17(26)24-9-12-2-1-3-13(8-12)18(20,21)22/h1-8,10-11H,9H2,(H,24,26). The molecule has 0 radical (unpaired) electrons. The van der Waals surface area contributed by atoms with Gasteiger partial charge in [0.15, 0.2) is 0 Å². The number of rotatable bonds is 4. The van der Waals surface area contributed by atoms with E-state index in [-0.39, 0.29) is 12.2 Å². The molecule has 0 aliphatic carbocycles. The molecule has 2 aromatic carbocycles. The highest BCUT2D eigenvalue weighted by Crippen LogP contribution is 2.29. The number of hydrogen-bond donors (Lipinski definition) is 1. The van der Waals surface area contributed by atoms with Gasteiger partial charge in [-0.2, -0.15) is 13.2 Å². The van der Waals surface area contributed by atoms with E-state index in [1.165, 1.54) is 53.5 Å². The highest BCUT2D eigenvalue weighted by Gasteiger charge is 2.30. The fourth-order valence-electron chi connectivity index (χ4n) is 2.40. The maximum Gasteiger partial charge on any atom is 0.416 e. The van der Waals surface area contributed by atoms with Crippen LogP contribution in [0.5, 0.6) is 0 Å². The summed E-state index contributed by atoms with van der Waals surface area (Å²) in [5.41, 5.74) is 0.262. The molecule has 0 aliphatic rings. The van der Waals surface area contributed by atoms with Gasteiger partial charge in [-0.25, -0.2) is 9.37 Å². The lowest BCUT2D eigenvalue weighted by molar-refractivity contribution is -0.137. The van der Waals surface area contributed by atoms with Gasteiger partial charge in [-0.3, -0.25) is 9.36 Å². The van der Waals surface area contributed by atoms with Crippen molar-refractivity contribution < 1.29 is 22.4 Å². The molecule has 0 saturated heterocycles. The number of nitrogens with one attached hydrogen (secondary N) is 1. The molecule has 0 unspecified atom stereocenters. The normalized spacial score (nSPS) is 11.4. The maximum absolute atomic E-state index is 13.0. The van der Waals surface area contributed by atoms with E-state index in [9.17, 15) is 22.4 Å². The summed E-state index contributed by atoms with van der Waals surface area (Å²) < 4.78 is 52.7. The molecular formula is C18H13F4N3O. The largest absolute Gasteiger partial charge is 0.416 e. The van der Waals surface area contributed by atoms with Crippen LogP contribution >= 0.6 is 0 Å². The lowest BCUT2D eigenvalue weighted by Crippen LogP contribution is -2.25. The van der Waals surface area contributed by atoms with Gasteiger partial charge in [0, 0.05) is 12.2 Å². The summed E-state index contributed by atoms with van der Waals surface area (Å²) >= 11 is 0. The highest BCUT2D eigenvalue weighted by atomic mass is 19.4. The van der Waals surface area contributed by atoms with E-state index in [2.05, 4.69) is 10.3 Å². The Morgan fingerprint density at radius 2 is 1.85 bits per heavy atom. The number of aromatic nitrogens is 2. The fraction of sp³-hybridized carbons (Fsp3) is 0.111. The molecule has 1 N–H and O–H groups in total. The van der Waals surface area contributed by atoms with Gasteiger partial charge in [0.25, 0.3) is 5.91 Å². The van der Waals surface area contributed by atoms with Crippen molar-refractivity contribution in [3.8, 4) is 5.69 Å². The van der Waals surface area contributed by atoms with Crippen LogP contribution < -0.4 is 5.32 Å². The first-order valence-electron chi connectivity index (χ1n) is 7.57. The molecule has 1 aromatic heterocycles. The van der Waals surface area contributed by atoms with Crippen LogP contribution in [0.15, 0.2) is 61.1 Å². The van der Waals surface area contributed by atoms with Crippen LogP contribution in [0, 0.1) is 5.82 Å². The fourth-order valence-corrected chi connectivity index (χ4v) is 2.40. The van der Waals surface area contributed by atoms with Gasteiger partial charge in [0.1, 0.15) is 11.5 Å². The summed E-state index contributed by atoms with van der Waals surface area (Å²) in [5.74, 6) is -0.923. The van der Waals surface area contributed by atoms with Crippen LogP contribution in [0.2, 0.25) is 0 Å². The molecule has 0 bridgehead atoms. The first kappa shape index (κ1) is 17.7. The zero-order chi connectivity index (χ0) is 18.7. The minimum absolute atomic E-state index is 0.0721. The number of halogens is 4. The van der Waals surface area contributed by atoms with E-state index in [0.717, 1.165) is 12.1 Å². The van der Waals surface area contributed by atoms with Crippen LogP contribution in [0.3, 0.4) is 0 Å². The summed E-state index contributed by atoms with van der Waals surface area (Å²) in [6, 6.07) is 10.2. The average Bonchev–Trinajstić information content (AvgIpc) is 3.09. The van der Waals surface area contributed by atoms with Crippen molar-refractivity contribution >= 4 is 5.91 Å². The minimum Gasteiger partial charge on any atom is -0.347 e. The zero-order valence-electron chi connectivity index (χ0n) is 13.3. The Morgan fingerprint density at radius 3 is 2.54 bits per heavy atom. The lowest BCUT2D eigenvalue weighted by Gasteiger charge is -2.11. The number of carbonyl (C=O) groups is 1. The third-order valence-electron chi connectivity index (χ3n) is 3.68. The number of carbonyl (C=O) groups excluding carboxylic acids is 1. The van der Waals surface area contributed by atoms with Crippen molar-refractivity contribution in [2.24, 2.45) is 0 Å². The second-order valence-electron chi connectivity index (χ2n) is 5.51. The predicted octanol–water partition coefficient (Wildman–Crippen LogP) is 3.96. The van der Waals surface area contributed by atoms with Crippen LogP contribution in [-0.2, 0) is 12.7 Å². The highest BCUT2D eigenvalue weighted by molar-refractivity contribution is 5.92. The second-order valence-corrected chi connectivity index (χ2v) is 5.51. The number of hydrogen-bond acceptors (Lipinski definition) is 2. The first-order chi connectivity index (χ1) is 12.3. The molecule has 8 heteroatoms. The van der Waals surface area contributed by atoms with Crippen molar-refractivity contribution in [3.05, 3.63) is 83.7 Å². The van der Waals surface area contributed by atoms with Gasteiger partial charge >= 0.3 is 6.18 Å². The molecule has 1 amide bonds. The summed E-state index contributed by atoms with van der Waals surface area (Å²) in [7, 11) is 0. The number of nitrogens with zero attached hydrogens (tertiary/aromatic N) is 2. The topological polar surface area (TPSA) is 46.9 Å². The second kappa shape index (κ2) is 6.99. The minimum atomic E-state index is -4.44. The molecule has 26 heavy (non-hydrogen) atoms. The Balaban J connectivity index is 1.74. The zero-order valence-corrected chi connectivity index (χ0v) is 13.3. The summed E-state index contributed by atoms with van der Waals surface area (Å²) in [4.78, 5) is 16.3. The van der Waals surface area contributed by atoms with E-state index < -0.39 is 23.5 Å². The van der Waals surface area contributed by atoms with Gasteiger partial charge in [-0.05, 0) is 42.0 Å². The maximum atomic E-state index is 13.0. The summed E-state index contributed by atoms with van der Waals surface area (Å²) in [6.07, 6.45) is -1.72. The monoisotopic (exact) mass is 363 g/mol. The van der Waals surface area contributed by atoms with Gasteiger partial charge in [-0.1, -0.05) is 12.1 Å². The van der Waals surface area contributed by atoms with Crippen LogP contribution in [0.4, 0.5) is 17.6 Å². The average molecular weight is 363 g/mol. The summed E-state index contributed by atoms with van der Waals surface area (Å²) in [6.45, 7) is -0.0721. The predicted molar refractivity (Wildman–Crippen MR) is 86.1 cm³/mol. The van der Waals surface area contributed by atoms with Crippen LogP contribution in [0.25, 0.3) is 5.69 Å². The van der Waals surface area contributed by atoms with Crippen molar-refractivity contribution in [3.63, 3.8) is 0 Å². The molecule has 0 saturated carbocycles. The SMILES string of the molecule is O=C(NCc1cccc(C(F)(F)F)c1)c1cncn1-c1ccc(F)cc1. The molecule has 0 spiro atoms. The van der Waals surface area contributed by atoms with E-state index in [1.807, 2.05) is 0 Å². The molecule has 4 nitrogen and oxygen atoms in total. The van der Waals surface area contributed by atoms with E-state index >= 15 is 0 Å². The van der Waals surface area contributed by atoms with E-state index in [4.69, 9.17) is 0 Å². The number of alkyl halides is 3. The molecule has 0 aliphatic heterocycles. The van der Waals surface area contributed by atoms with Crippen molar-refractivity contribution in [2.45, 2.75) is 12.7 Å². The number of amides is 1. The van der Waals surface area contributed by atoms with Crippen molar-refractivity contribution in [2.75, 3.05) is 0 Å². The van der Waals surface area contributed by atoms with Crippen molar-refractivity contribution in [1.82, 2.24) is 14.9 Å².